The molecule has 0 saturated carbocycles. The summed E-state index contributed by atoms with van der Waals surface area (Å²) in [6, 6.07) is 0. The molecule has 33 heavy (non-hydrogen) atoms. The van der Waals surface area contributed by atoms with Crippen molar-refractivity contribution in [1.29, 1.82) is 0 Å². The number of aliphatic hydroxyl groups excluding tert-OH is 2. The number of ether oxygens (including phenoxy) is 1. The number of cyclic esters (lactones) is 1. The fourth-order valence-corrected chi connectivity index (χ4v) is 4.48. The third kappa shape index (κ3) is 7.45. The lowest BCUT2D eigenvalue weighted by Gasteiger charge is -2.34. The Morgan fingerprint density at radius 1 is 1.18 bits per heavy atom. The zero-order valence-electron chi connectivity index (χ0n) is 20.4. The van der Waals surface area contributed by atoms with E-state index < -0.39 is 35.6 Å². The van der Waals surface area contributed by atoms with E-state index >= 15 is 0 Å². The highest BCUT2D eigenvalue weighted by Gasteiger charge is 2.42. The number of nitrogens with zero attached hydrogens (tertiary/aromatic N) is 1. The van der Waals surface area contributed by atoms with Gasteiger partial charge in [0.1, 0.15) is 11.9 Å². The molecule has 182 valence electrons. The highest BCUT2D eigenvalue weighted by atomic mass is 32.1. The first-order valence-electron chi connectivity index (χ1n) is 11.4. The number of carbonyl (C=O) groups is 2. The molecule has 1 unspecified atom stereocenters. The standard InChI is InChI=1S/C26H37NO5S/c1-16-11-9-7-8-10-12-21(17(2)13-20-15-33-19(4)27-20)32-23(29)14-22(28)26(5,6)25(31)18(3)24(16)30/h7-10,13,15-16,18,21-22,24,28,30H,11-12,14H2,1-6H3/b9-7+,10-8-,17-13+/t16?,18-,21+,22+,24+/m1/s1. The van der Waals surface area contributed by atoms with Crippen molar-refractivity contribution in [2.75, 3.05) is 0 Å². The normalized spacial score (nSPS) is 32.2. The maximum atomic E-state index is 13.1. The number of aromatic nitrogens is 1. The summed E-state index contributed by atoms with van der Waals surface area (Å²) in [4.78, 5) is 30.3. The van der Waals surface area contributed by atoms with E-state index in [9.17, 15) is 19.8 Å². The molecule has 2 heterocycles. The second kappa shape index (κ2) is 11.9. The largest absolute Gasteiger partial charge is 0.457 e. The monoisotopic (exact) mass is 475 g/mol. The van der Waals surface area contributed by atoms with Gasteiger partial charge in [-0.25, -0.2) is 4.98 Å². The van der Waals surface area contributed by atoms with Gasteiger partial charge in [0.15, 0.2) is 0 Å². The number of aliphatic hydroxyl groups is 2. The van der Waals surface area contributed by atoms with Crippen molar-refractivity contribution in [2.45, 2.75) is 79.1 Å². The van der Waals surface area contributed by atoms with Crippen LogP contribution < -0.4 is 0 Å². The van der Waals surface area contributed by atoms with Crippen molar-refractivity contribution < 1.29 is 24.5 Å². The van der Waals surface area contributed by atoms with E-state index in [0.717, 1.165) is 16.3 Å². The minimum atomic E-state index is -1.23. The second-order valence-corrected chi connectivity index (χ2v) is 10.6. The van der Waals surface area contributed by atoms with Crippen molar-refractivity contribution in [3.63, 3.8) is 0 Å². The minimum absolute atomic E-state index is 0.126. The molecule has 0 aromatic carbocycles. The molecule has 1 aromatic heterocycles. The Morgan fingerprint density at radius 2 is 1.82 bits per heavy atom. The lowest BCUT2D eigenvalue weighted by molar-refractivity contribution is -0.154. The van der Waals surface area contributed by atoms with Crippen LogP contribution in [0.15, 0.2) is 35.3 Å². The molecule has 1 aromatic rings. The number of allylic oxidation sites excluding steroid dienone is 3. The van der Waals surface area contributed by atoms with Crippen LogP contribution in [-0.4, -0.2) is 45.3 Å². The van der Waals surface area contributed by atoms with E-state index in [1.54, 1.807) is 32.1 Å². The van der Waals surface area contributed by atoms with Crippen LogP contribution in [0.2, 0.25) is 0 Å². The number of rotatable bonds is 2. The summed E-state index contributed by atoms with van der Waals surface area (Å²) < 4.78 is 5.73. The van der Waals surface area contributed by atoms with Crippen LogP contribution in [0.3, 0.4) is 0 Å². The molecule has 5 atom stereocenters. The molecule has 6 nitrogen and oxygen atoms in total. The van der Waals surface area contributed by atoms with Crippen LogP contribution in [0.25, 0.3) is 6.08 Å². The number of aryl methyl sites for hydroxylation is 1. The van der Waals surface area contributed by atoms with Crippen LogP contribution in [0.1, 0.15) is 64.6 Å². The Kier molecular flexibility index (Phi) is 9.76. The second-order valence-electron chi connectivity index (χ2n) is 9.55. The van der Waals surface area contributed by atoms with Crippen molar-refractivity contribution in [2.24, 2.45) is 17.3 Å². The van der Waals surface area contributed by atoms with Gasteiger partial charge in [-0.3, -0.25) is 9.59 Å². The van der Waals surface area contributed by atoms with E-state index in [2.05, 4.69) is 4.98 Å². The van der Waals surface area contributed by atoms with Gasteiger partial charge >= 0.3 is 5.97 Å². The molecule has 2 rings (SSSR count). The fourth-order valence-electron chi connectivity index (χ4n) is 3.91. The molecular weight excluding hydrogens is 438 g/mol. The SMILES string of the molecule is C/C(=C\c1csc(C)n1)[C@@H]1C/C=C\C=C\CC(C)[C@H](O)[C@@H](C)C(=O)C(C)(C)[C@@H](O)CC(=O)O1. The molecule has 0 radical (unpaired) electrons. The lowest BCUT2D eigenvalue weighted by atomic mass is 9.73. The molecule has 0 aliphatic carbocycles. The summed E-state index contributed by atoms with van der Waals surface area (Å²) in [7, 11) is 0. The Balaban J connectivity index is 2.32. The molecule has 0 saturated heterocycles. The Morgan fingerprint density at radius 3 is 2.42 bits per heavy atom. The van der Waals surface area contributed by atoms with Crippen LogP contribution in [-0.2, 0) is 14.3 Å². The summed E-state index contributed by atoms with van der Waals surface area (Å²) in [6.07, 6.45) is 7.77. The van der Waals surface area contributed by atoms with E-state index in [-0.39, 0.29) is 18.1 Å². The molecular formula is C26H37NO5S. The predicted octanol–water partition coefficient (Wildman–Crippen LogP) is 4.65. The quantitative estimate of drug-likeness (QED) is 0.604. The molecule has 0 amide bonds. The fraction of sp³-hybridized carbons (Fsp3) is 0.577. The first-order chi connectivity index (χ1) is 15.4. The summed E-state index contributed by atoms with van der Waals surface area (Å²) in [5.74, 6) is -1.64. The number of hydrogen-bond acceptors (Lipinski definition) is 7. The third-order valence-corrected chi connectivity index (χ3v) is 7.16. The van der Waals surface area contributed by atoms with Crippen LogP contribution in [0.4, 0.5) is 0 Å². The molecule has 7 heteroatoms. The van der Waals surface area contributed by atoms with E-state index in [1.165, 1.54) is 0 Å². The highest BCUT2D eigenvalue weighted by molar-refractivity contribution is 7.09. The number of hydrogen-bond donors (Lipinski definition) is 2. The molecule has 2 N–H and O–H groups in total. The van der Waals surface area contributed by atoms with Gasteiger partial charge in [-0.15, -0.1) is 11.3 Å². The highest BCUT2D eigenvalue weighted by Crippen LogP contribution is 2.32. The van der Waals surface area contributed by atoms with E-state index in [1.807, 2.05) is 56.5 Å². The predicted molar refractivity (Wildman–Crippen MR) is 132 cm³/mol. The topological polar surface area (TPSA) is 96.7 Å². The van der Waals surface area contributed by atoms with E-state index in [4.69, 9.17) is 4.74 Å². The van der Waals surface area contributed by atoms with Crippen LogP contribution in [0.5, 0.6) is 0 Å². The summed E-state index contributed by atoms with van der Waals surface area (Å²) in [6.45, 7) is 10.6. The van der Waals surface area contributed by atoms with Gasteiger partial charge in [0.2, 0.25) is 0 Å². The van der Waals surface area contributed by atoms with Gasteiger partial charge in [-0.05, 0) is 37.8 Å². The number of Topliss-reactive ketones (excluding diaryl/α,β-unsaturated/α-hetero) is 1. The molecule has 0 spiro atoms. The first-order valence-corrected chi connectivity index (χ1v) is 12.3. The average molecular weight is 476 g/mol. The lowest BCUT2D eigenvalue weighted by Crippen LogP contribution is -2.45. The van der Waals surface area contributed by atoms with Crippen molar-refractivity contribution >= 4 is 29.2 Å². The molecule has 1 aliphatic heterocycles. The average Bonchev–Trinajstić information content (AvgIpc) is 3.16. The number of esters is 1. The summed E-state index contributed by atoms with van der Waals surface area (Å²) in [5.41, 5.74) is 0.457. The van der Waals surface area contributed by atoms with Crippen molar-refractivity contribution in [3.05, 3.63) is 46.0 Å². The number of thiazole rings is 1. The summed E-state index contributed by atoms with van der Waals surface area (Å²) >= 11 is 1.55. The van der Waals surface area contributed by atoms with Gasteiger partial charge in [0.05, 0.1) is 34.7 Å². The summed E-state index contributed by atoms with van der Waals surface area (Å²) in [5, 5.41) is 24.3. The Labute approximate surface area is 201 Å². The zero-order valence-corrected chi connectivity index (χ0v) is 21.3. The maximum absolute atomic E-state index is 13.1. The first kappa shape index (κ1) is 27.2. The maximum Gasteiger partial charge on any atom is 0.309 e. The van der Waals surface area contributed by atoms with Gasteiger partial charge < -0.3 is 14.9 Å². The van der Waals surface area contributed by atoms with E-state index in [0.29, 0.717) is 12.8 Å². The molecule has 0 bridgehead atoms. The number of carbonyl (C=O) groups excluding carboxylic acids is 2. The molecule has 0 fully saturated rings. The Hall–Kier alpha value is -2.09. The van der Waals surface area contributed by atoms with Gasteiger partial charge in [-0.1, -0.05) is 52.0 Å². The third-order valence-electron chi connectivity index (χ3n) is 6.37. The van der Waals surface area contributed by atoms with Crippen molar-refractivity contribution in [1.82, 2.24) is 4.98 Å². The Bertz CT molecular complexity index is 914. The van der Waals surface area contributed by atoms with Crippen LogP contribution >= 0.6 is 11.3 Å². The van der Waals surface area contributed by atoms with Gasteiger partial charge in [-0.2, -0.15) is 0 Å². The van der Waals surface area contributed by atoms with Crippen molar-refractivity contribution in [3.8, 4) is 0 Å². The number of ketones is 1. The zero-order chi connectivity index (χ0) is 24.8. The van der Waals surface area contributed by atoms with Crippen LogP contribution in [0, 0.1) is 24.2 Å². The van der Waals surface area contributed by atoms with Gasteiger partial charge in [0.25, 0.3) is 0 Å². The smallest absolute Gasteiger partial charge is 0.309 e. The van der Waals surface area contributed by atoms with Gasteiger partial charge in [0, 0.05) is 17.7 Å². The molecule has 1 aliphatic rings. The minimum Gasteiger partial charge on any atom is -0.457 e.